The molecule has 2 rings (SSSR count). The summed E-state index contributed by atoms with van der Waals surface area (Å²) in [5.74, 6) is -1.69. The van der Waals surface area contributed by atoms with E-state index < -0.39 is 5.97 Å². The molecule has 0 aromatic carbocycles. The second-order valence-electron chi connectivity index (χ2n) is 4.74. The number of hydrogen-bond donors (Lipinski definition) is 2. The second kappa shape index (κ2) is 6.04. The highest BCUT2D eigenvalue weighted by Gasteiger charge is 2.33. The maximum atomic E-state index is 12.0. The van der Waals surface area contributed by atoms with Gasteiger partial charge in [-0.3, -0.25) is 14.4 Å². The zero-order chi connectivity index (χ0) is 14.7. The van der Waals surface area contributed by atoms with Crippen molar-refractivity contribution in [3.63, 3.8) is 0 Å². The zero-order valence-electron chi connectivity index (χ0n) is 11.1. The average Bonchev–Trinajstić information content (AvgIpc) is 3.14. The Hall–Kier alpha value is -1.89. The van der Waals surface area contributed by atoms with Crippen LogP contribution in [0, 0.1) is 6.92 Å². The Balaban J connectivity index is 1.87. The summed E-state index contributed by atoms with van der Waals surface area (Å²) in [7, 11) is 0. The first-order valence-electron chi connectivity index (χ1n) is 6.33. The molecule has 7 heteroatoms. The maximum Gasteiger partial charge on any atom is 0.323 e. The van der Waals surface area contributed by atoms with Gasteiger partial charge in [-0.1, -0.05) is 0 Å². The quantitative estimate of drug-likeness (QED) is 0.815. The molecule has 0 atom stereocenters. The molecule has 108 valence electrons. The van der Waals surface area contributed by atoms with Gasteiger partial charge in [-0.25, -0.2) is 0 Å². The summed E-state index contributed by atoms with van der Waals surface area (Å²) in [6.07, 6.45) is 1.66. The van der Waals surface area contributed by atoms with E-state index in [2.05, 4.69) is 5.32 Å². The molecule has 6 nitrogen and oxygen atoms in total. The van der Waals surface area contributed by atoms with E-state index in [1.54, 1.807) is 6.07 Å². The molecule has 1 aromatic rings. The molecule has 1 aliphatic carbocycles. The predicted molar refractivity (Wildman–Crippen MR) is 73.8 cm³/mol. The Kier molecular flexibility index (Phi) is 4.39. The minimum absolute atomic E-state index is 0.0134. The monoisotopic (exact) mass is 296 g/mol. The Morgan fingerprint density at radius 3 is 2.60 bits per heavy atom. The molecule has 0 aliphatic heterocycles. The van der Waals surface area contributed by atoms with Crippen molar-refractivity contribution in [3.8, 4) is 0 Å². The number of carbonyl (C=O) groups excluding carboxylic acids is 2. The van der Waals surface area contributed by atoms with E-state index in [-0.39, 0.29) is 30.9 Å². The largest absolute Gasteiger partial charge is 0.480 e. The first-order valence-corrected chi connectivity index (χ1v) is 7.15. The van der Waals surface area contributed by atoms with Gasteiger partial charge in [0.05, 0.1) is 11.4 Å². The third-order valence-electron chi connectivity index (χ3n) is 2.98. The molecule has 1 aliphatic rings. The second-order valence-corrected chi connectivity index (χ2v) is 6.03. The van der Waals surface area contributed by atoms with Crippen LogP contribution in [0.2, 0.25) is 0 Å². The Morgan fingerprint density at radius 2 is 2.10 bits per heavy atom. The van der Waals surface area contributed by atoms with Gasteiger partial charge in [-0.2, -0.15) is 0 Å². The lowest BCUT2D eigenvalue weighted by atomic mass is 10.4. The number of nitrogens with zero attached hydrogens (tertiary/aromatic N) is 1. The highest BCUT2D eigenvalue weighted by atomic mass is 32.1. The number of aliphatic carboxylic acids is 1. The van der Waals surface area contributed by atoms with Crippen molar-refractivity contribution in [1.29, 1.82) is 0 Å². The smallest absolute Gasteiger partial charge is 0.323 e. The number of rotatable bonds is 6. The van der Waals surface area contributed by atoms with E-state index >= 15 is 0 Å². The Labute approximate surface area is 120 Å². The van der Waals surface area contributed by atoms with Crippen LogP contribution in [0.4, 0.5) is 0 Å². The number of carboxylic acids is 1. The molecule has 1 heterocycles. The lowest BCUT2D eigenvalue weighted by Gasteiger charge is -2.20. The van der Waals surface area contributed by atoms with Gasteiger partial charge in [0.2, 0.25) is 5.91 Å². The molecule has 2 N–H and O–H groups in total. The Morgan fingerprint density at radius 1 is 1.40 bits per heavy atom. The van der Waals surface area contributed by atoms with Crippen LogP contribution in [0.3, 0.4) is 0 Å². The van der Waals surface area contributed by atoms with Crippen molar-refractivity contribution in [3.05, 3.63) is 21.9 Å². The van der Waals surface area contributed by atoms with Gasteiger partial charge in [0.15, 0.2) is 0 Å². The summed E-state index contributed by atoms with van der Waals surface area (Å²) in [6, 6.07) is 3.55. The third kappa shape index (κ3) is 3.80. The molecule has 0 unspecified atom stereocenters. The van der Waals surface area contributed by atoms with Crippen LogP contribution >= 0.6 is 11.3 Å². The lowest BCUT2D eigenvalue weighted by molar-refractivity contribution is -0.144. The fraction of sp³-hybridized carbons (Fsp3) is 0.462. The molecule has 0 bridgehead atoms. The van der Waals surface area contributed by atoms with Gasteiger partial charge in [-0.05, 0) is 31.9 Å². The highest BCUT2D eigenvalue weighted by Crippen LogP contribution is 2.26. The lowest BCUT2D eigenvalue weighted by Crippen LogP contribution is -2.43. The first-order chi connectivity index (χ1) is 9.47. The topological polar surface area (TPSA) is 86.7 Å². The van der Waals surface area contributed by atoms with Crippen LogP contribution in [0.25, 0.3) is 0 Å². The van der Waals surface area contributed by atoms with E-state index in [1.165, 1.54) is 16.2 Å². The van der Waals surface area contributed by atoms with E-state index in [0.717, 1.165) is 17.7 Å². The number of hydrogen-bond acceptors (Lipinski definition) is 4. The van der Waals surface area contributed by atoms with E-state index in [1.807, 2.05) is 13.0 Å². The van der Waals surface area contributed by atoms with Gasteiger partial charge in [0.1, 0.15) is 6.54 Å². The van der Waals surface area contributed by atoms with Crippen molar-refractivity contribution < 1.29 is 19.5 Å². The van der Waals surface area contributed by atoms with Crippen LogP contribution in [-0.4, -0.2) is 46.9 Å². The van der Waals surface area contributed by atoms with E-state index in [4.69, 9.17) is 5.11 Å². The van der Waals surface area contributed by atoms with Gasteiger partial charge < -0.3 is 15.3 Å². The van der Waals surface area contributed by atoms with Crippen molar-refractivity contribution in [2.24, 2.45) is 0 Å². The van der Waals surface area contributed by atoms with Gasteiger partial charge in [0.25, 0.3) is 5.91 Å². The minimum atomic E-state index is -1.04. The summed E-state index contributed by atoms with van der Waals surface area (Å²) in [6.45, 7) is 1.42. The summed E-state index contributed by atoms with van der Waals surface area (Å²) in [4.78, 5) is 37.4. The summed E-state index contributed by atoms with van der Waals surface area (Å²) in [5.41, 5.74) is 0. The van der Waals surface area contributed by atoms with Crippen LogP contribution in [0.1, 0.15) is 27.4 Å². The fourth-order valence-electron chi connectivity index (χ4n) is 1.85. The van der Waals surface area contributed by atoms with Crippen molar-refractivity contribution in [2.45, 2.75) is 25.8 Å². The minimum Gasteiger partial charge on any atom is -0.480 e. The average molecular weight is 296 g/mol. The summed E-state index contributed by atoms with van der Waals surface area (Å²) < 4.78 is 0. The number of aryl methyl sites for hydroxylation is 1. The van der Waals surface area contributed by atoms with Crippen LogP contribution < -0.4 is 5.32 Å². The zero-order valence-corrected chi connectivity index (χ0v) is 11.9. The van der Waals surface area contributed by atoms with E-state index in [0.29, 0.717) is 4.88 Å². The molecular formula is C13H16N2O4S. The first kappa shape index (κ1) is 14.5. The molecule has 0 saturated heterocycles. The molecule has 1 aromatic heterocycles. The van der Waals surface area contributed by atoms with Crippen molar-refractivity contribution in [1.82, 2.24) is 10.2 Å². The van der Waals surface area contributed by atoms with Gasteiger partial charge >= 0.3 is 5.97 Å². The number of carboxylic acid groups (broad SMARTS) is 1. The number of carbonyl (C=O) groups is 3. The van der Waals surface area contributed by atoms with Gasteiger partial charge in [-0.15, -0.1) is 11.3 Å². The van der Waals surface area contributed by atoms with Gasteiger partial charge in [0, 0.05) is 10.9 Å². The van der Waals surface area contributed by atoms with E-state index in [9.17, 15) is 14.4 Å². The molecule has 20 heavy (non-hydrogen) atoms. The molecule has 0 radical (unpaired) electrons. The molecule has 2 amide bonds. The number of amides is 2. The molecule has 0 spiro atoms. The summed E-state index contributed by atoms with van der Waals surface area (Å²) >= 11 is 1.35. The number of thiophene rings is 1. The van der Waals surface area contributed by atoms with Crippen molar-refractivity contribution >= 4 is 29.1 Å². The Bertz CT molecular complexity index is 536. The van der Waals surface area contributed by atoms with Crippen LogP contribution in [-0.2, 0) is 9.59 Å². The molecule has 1 saturated carbocycles. The predicted octanol–water partition coefficient (Wildman–Crippen LogP) is 0.862. The fourth-order valence-corrected chi connectivity index (χ4v) is 2.64. The molecule has 1 fully saturated rings. The number of nitrogens with one attached hydrogen (secondary N) is 1. The summed E-state index contributed by atoms with van der Waals surface area (Å²) in [5, 5.41) is 11.3. The van der Waals surface area contributed by atoms with Crippen molar-refractivity contribution in [2.75, 3.05) is 13.1 Å². The standard InChI is InChI=1S/C13H16N2O4S/c1-8-2-5-10(20-8)13(19)14-6-11(16)15(7-12(17)18)9-3-4-9/h2,5,9H,3-4,6-7H2,1H3,(H,14,19)(H,17,18). The maximum absolute atomic E-state index is 12.0. The third-order valence-corrected chi connectivity index (χ3v) is 3.98. The normalized spacial score (nSPS) is 13.8. The van der Waals surface area contributed by atoms with Crippen LogP contribution in [0.15, 0.2) is 12.1 Å². The molecular weight excluding hydrogens is 280 g/mol. The van der Waals surface area contributed by atoms with Crippen LogP contribution in [0.5, 0.6) is 0 Å². The SMILES string of the molecule is Cc1ccc(C(=O)NCC(=O)N(CC(=O)O)C2CC2)s1. The highest BCUT2D eigenvalue weighted by molar-refractivity contribution is 7.13.